The van der Waals surface area contributed by atoms with E-state index in [1.54, 1.807) is 6.07 Å². The summed E-state index contributed by atoms with van der Waals surface area (Å²) in [4.78, 5) is 37.4. The topological polar surface area (TPSA) is 113 Å². The Hall–Kier alpha value is -2.49. The van der Waals surface area contributed by atoms with Gasteiger partial charge in [-0.15, -0.1) is 0 Å². The minimum atomic E-state index is -3.09. The van der Waals surface area contributed by atoms with Crippen LogP contribution in [0.4, 0.5) is 9.18 Å². The van der Waals surface area contributed by atoms with Gasteiger partial charge in [-0.2, -0.15) is 0 Å². The predicted octanol–water partition coefficient (Wildman–Crippen LogP) is 0.330. The van der Waals surface area contributed by atoms with Crippen molar-refractivity contribution in [2.24, 2.45) is 0 Å². The molecule has 146 valence electrons. The van der Waals surface area contributed by atoms with Crippen molar-refractivity contribution in [1.82, 2.24) is 15.5 Å². The van der Waals surface area contributed by atoms with Gasteiger partial charge in [0.1, 0.15) is 11.9 Å². The fraction of sp³-hybridized carbons (Fsp3) is 0.471. The van der Waals surface area contributed by atoms with E-state index < -0.39 is 39.7 Å². The molecule has 0 aromatic heterocycles. The largest absolute Gasteiger partial charge is 0.352 e. The van der Waals surface area contributed by atoms with E-state index in [2.05, 4.69) is 10.6 Å². The third-order valence-electron chi connectivity index (χ3n) is 4.59. The van der Waals surface area contributed by atoms with Gasteiger partial charge in [0.15, 0.2) is 9.84 Å². The maximum Gasteiger partial charge on any atom is 0.325 e. The molecule has 0 radical (unpaired) electrons. The standard InChI is InChI=1S/C17H20FN3O5S/c18-12-3-1-2-11(8-12)9-21-16(23)14(20-17(21)24)4-5-15(22)19-13-6-7-27(25,26)10-13/h1-3,8,13-14H,4-7,9-10H2,(H,19,22)(H,20,24)/t13-,14-/m0/s1. The third kappa shape index (κ3) is 4.82. The second kappa shape index (κ2) is 7.63. The number of hydrogen-bond donors (Lipinski definition) is 2. The number of hydrogen-bond acceptors (Lipinski definition) is 5. The number of rotatable bonds is 6. The van der Waals surface area contributed by atoms with Crippen LogP contribution in [-0.4, -0.2) is 54.8 Å². The number of sulfone groups is 1. The van der Waals surface area contributed by atoms with Gasteiger partial charge in [-0.25, -0.2) is 17.6 Å². The lowest BCUT2D eigenvalue weighted by molar-refractivity contribution is -0.128. The molecule has 2 fully saturated rings. The Bertz CT molecular complexity index is 873. The average Bonchev–Trinajstić information content (AvgIpc) is 3.06. The Morgan fingerprint density at radius 1 is 1.33 bits per heavy atom. The first-order chi connectivity index (χ1) is 12.7. The second-order valence-corrected chi connectivity index (χ2v) is 8.99. The molecule has 8 nitrogen and oxygen atoms in total. The lowest BCUT2D eigenvalue weighted by Crippen LogP contribution is -2.37. The average molecular weight is 397 g/mol. The summed E-state index contributed by atoms with van der Waals surface area (Å²) in [5.41, 5.74) is 0.485. The van der Waals surface area contributed by atoms with Gasteiger partial charge in [0, 0.05) is 12.5 Å². The Morgan fingerprint density at radius 2 is 2.11 bits per heavy atom. The summed E-state index contributed by atoms with van der Waals surface area (Å²) in [5, 5.41) is 5.16. The highest BCUT2D eigenvalue weighted by Gasteiger charge is 2.38. The van der Waals surface area contributed by atoms with E-state index in [1.807, 2.05) is 0 Å². The van der Waals surface area contributed by atoms with Crippen LogP contribution in [-0.2, 0) is 26.0 Å². The van der Waals surface area contributed by atoms with Gasteiger partial charge in [-0.1, -0.05) is 12.1 Å². The van der Waals surface area contributed by atoms with E-state index in [0.29, 0.717) is 12.0 Å². The first-order valence-corrected chi connectivity index (χ1v) is 10.4. The van der Waals surface area contributed by atoms with Crippen LogP contribution in [0.25, 0.3) is 0 Å². The van der Waals surface area contributed by atoms with E-state index in [4.69, 9.17) is 0 Å². The van der Waals surface area contributed by atoms with E-state index >= 15 is 0 Å². The van der Waals surface area contributed by atoms with E-state index in [-0.39, 0.29) is 36.8 Å². The summed E-state index contributed by atoms with van der Waals surface area (Å²) >= 11 is 0. The number of nitrogens with one attached hydrogen (secondary N) is 2. The highest BCUT2D eigenvalue weighted by Crippen LogP contribution is 2.16. The molecule has 0 unspecified atom stereocenters. The summed E-state index contributed by atoms with van der Waals surface area (Å²) in [6, 6.07) is 3.80. The molecule has 3 rings (SSSR count). The Balaban J connectivity index is 1.50. The van der Waals surface area contributed by atoms with Crippen molar-refractivity contribution in [3.63, 3.8) is 0 Å². The summed E-state index contributed by atoms with van der Waals surface area (Å²) in [7, 11) is -3.09. The number of benzene rings is 1. The molecule has 10 heteroatoms. The molecule has 0 spiro atoms. The summed E-state index contributed by atoms with van der Waals surface area (Å²) in [5.74, 6) is -1.30. The monoisotopic (exact) mass is 397 g/mol. The first kappa shape index (κ1) is 19.3. The smallest absolute Gasteiger partial charge is 0.325 e. The summed E-state index contributed by atoms with van der Waals surface area (Å²) in [6.07, 6.45) is 0.477. The number of amides is 4. The molecule has 2 saturated heterocycles. The minimum absolute atomic E-state index is 0.0129. The van der Waals surface area contributed by atoms with Gasteiger partial charge >= 0.3 is 6.03 Å². The van der Waals surface area contributed by atoms with Gasteiger partial charge in [-0.05, 0) is 30.5 Å². The number of carbonyl (C=O) groups is 3. The lowest BCUT2D eigenvalue weighted by atomic mass is 10.1. The maximum atomic E-state index is 13.3. The number of carbonyl (C=O) groups excluding carboxylic acids is 3. The molecular formula is C17H20FN3O5S. The Morgan fingerprint density at radius 3 is 2.78 bits per heavy atom. The van der Waals surface area contributed by atoms with Crippen molar-refractivity contribution < 1.29 is 27.2 Å². The van der Waals surface area contributed by atoms with E-state index in [1.165, 1.54) is 18.2 Å². The fourth-order valence-electron chi connectivity index (χ4n) is 3.22. The highest BCUT2D eigenvalue weighted by molar-refractivity contribution is 7.91. The van der Waals surface area contributed by atoms with Crippen LogP contribution < -0.4 is 10.6 Å². The Labute approximate surface area is 156 Å². The normalized spacial score (nSPS) is 24.1. The van der Waals surface area contributed by atoms with E-state index in [9.17, 15) is 27.2 Å². The third-order valence-corrected chi connectivity index (χ3v) is 6.36. The summed E-state index contributed by atoms with van der Waals surface area (Å²) < 4.78 is 36.1. The fourth-order valence-corrected chi connectivity index (χ4v) is 4.90. The molecule has 2 aliphatic heterocycles. The lowest BCUT2D eigenvalue weighted by Gasteiger charge is -2.14. The van der Waals surface area contributed by atoms with Crippen LogP contribution in [0.15, 0.2) is 24.3 Å². The molecule has 0 saturated carbocycles. The molecule has 2 aliphatic rings. The zero-order valence-corrected chi connectivity index (χ0v) is 15.3. The second-order valence-electron chi connectivity index (χ2n) is 6.76. The molecule has 4 amide bonds. The molecular weight excluding hydrogens is 377 g/mol. The SMILES string of the molecule is O=C(CC[C@@H]1NC(=O)N(Cc2cccc(F)c2)C1=O)N[C@H]1CCS(=O)(=O)C1. The zero-order chi connectivity index (χ0) is 19.6. The molecule has 0 bridgehead atoms. The number of nitrogens with zero attached hydrogens (tertiary/aromatic N) is 1. The van der Waals surface area contributed by atoms with Crippen LogP contribution in [0, 0.1) is 5.82 Å². The molecule has 0 aliphatic carbocycles. The molecule has 2 heterocycles. The van der Waals surface area contributed by atoms with Crippen LogP contribution in [0.3, 0.4) is 0 Å². The number of urea groups is 1. The number of imide groups is 1. The van der Waals surface area contributed by atoms with Gasteiger partial charge < -0.3 is 10.6 Å². The van der Waals surface area contributed by atoms with Crippen molar-refractivity contribution in [2.75, 3.05) is 11.5 Å². The minimum Gasteiger partial charge on any atom is -0.352 e. The van der Waals surface area contributed by atoms with Crippen molar-refractivity contribution in [1.29, 1.82) is 0 Å². The Kier molecular flexibility index (Phi) is 5.45. The quantitative estimate of drug-likeness (QED) is 0.672. The molecule has 2 N–H and O–H groups in total. The van der Waals surface area contributed by atoms with Crippen molar-refractivity contribution in [3.05, 3.63) is 35.6 Å². The molecule has 27 heavy (non-hydrogen) atoms. The predicted molar refractivity (Wildman–Crippen MR) is 93.7 cm³/mol. The van der Waals surface area contributed by atoms with Crippen LogP contribution >= 0.6 is 0 Å². The van der Waals surface area contributed by atoms with Crippen LogP contribution in [0.2, 0.25) is 0 Å². The van der Waals surface area contributed by atoms with Gasteiger partial charge in [0.05, 0.1) is 18.1 Å². The first-order valence-electron chi connectivity index (χ1n) is 8.59. The van der Waals surface area contributed by atoms with Crippen molar-refractivity contribution in [2.45, 2.75) is 37.9 Å². The number of halogens is 1. The zero-order valence-electron chi connectivity index (χ0n) is 14.5. The molecule has 1 aromatic rings. The van der Waals surface area contributed by atoms with Gasteiger partial charge in [0.25, 0.3) is 5.91 Å². The van der Waals surface area contributed by atoms with Crippen molar-refractivity contribution in [3.8, 4) is 0 Å². The van der Waals surface area contributed by atoms with E-state index in [0.717, 1.165) is 4.90 Å². The van der Waals surface area contributed by atoms with Crippen LogP contribution in [0.5, 0.6) is 0 Å². The highest BCUT2D eigenvalue weighted by atomic mass is 32.2. The molecule has 1 aromatic carbocycles. The summed E-state index contributed by atoms with van der Waals surface area (Å²) in [6.45, 7) is -0.0505. The van der Waals surface area contributed by atoms with Crippen LogP contribution in [0.1, 0.15) is 24.8 Å². The van der Waals surface area contributed by atoms with Gasteiger partial charge in [-0.3, -0.25) is 14.5 Å². The van der Waals surface area contributed by atoms with Crippen molar-refractivity contribution >= 4 is 27.7 Å². The maximum absolute atomic E-state index is 13.3. The van der Waals surface area contributed by atoms with Gasteiger partial charge in [0.2, 0.25) is 5.91 Å². The molecule has 2 atom stereocenters.